The van der Waals surface area contributed by atoms with Crippen LogP contribution in [0.5, 0.6) is 5.75 Å². The van der Waals surface area contributed by atoms with Crippen LogP contribution in [-0.4, -0.2) is 65.9 Å². The summed E-state index contributed by atoms with van der Waals surface area (Å²) in [6, 6.07) is 14.6. The van der Waals surface area contributed by atoms with E-state index < -0.39 is 5.97 Å². The minimum absolute atomic E-state index is 0.122. The maximum Gasteiger partial charge on any atom is 0.359 e. The van der Waals surface area contributed by atoms with E-state index in [1.165, 1.54) is 44.3 Å². The van der Waals surface area contributed by atoms with Crippen LogP contribution in [-0.2, 0) is 22.0 Å². The first-order valence-electron chi connectivity index (χ1n) is 15.2. The monoisotopic (exact) mass is 552 g/mol. The van der Waals surface area contributed by atoms with Crippen molar-refractivity contribution in [3.05, 3.63) is 70.5 Å². The number of amides is 1. The summed E-state index contributed by atoms with van der Waals surface area (Å²) in [5.74, 6) is 0.283. The van der Waals surface area contributed by atoms with Gasteiger partial charge in [-0.2, -0.15) is 5.10 Å². The third-order valence-electron chi connectivity index (χ3n) is 9.93. The van der Waals surface area contributed by atoms with Gasteiger partial charge in [-0.3, -0.25) is 4.79 Å². The Morgan fingerprint density at radius 1 is 1.02 bits per heavy atom. The second-order valence-corrected chi connectivity index (χ2v) is 12.6. The molecule has 212 valence electrons. The number of esters is 1. The van der Waals surface area contributed by atoms with Crippen LogP contribution in [0.2, 0.25) is 0 Å². The predicted octanol–water partition coefficient (Wildman–Crippen LogP) is 4.80. The molecular formula is C33H36N4O4. The van der Waals surface area contributed by atoms with E-state index in [-0.39, 0.29) is 29.0 Å². The number of nitrogens with zero attached hydrogens (tertiary/aromatic N) is 4. The highest BCUT2D eigenvalue weighted by Gasteiger charge is 2.56. The van der Waals surface area contributed by atoms with Gasteiger partial charge in [0.05, 0.1) is 18.9 Å². The van der Waals surface area contributed by atoms with Crippen molar-refractivity contribution in [3.63, 3.8) is 0 Å². The van der Waals surface area contributed by atoms with Crippen molar-refractivity contribution in [3.8, 4) is 11.4 Å². The van der Waals surface area contributed by atoms with Gasteiger partial charge in [-0.05, 0) is 100.0 Å². The lowest BCUT2D eigenvalue weighted by Gasteiger charge is -2.34. The Morgan fingerprint density at radius 3 is 2.49 bits per heavy atom. The molecule has 1 saturated heterocycles. The van der Waals surface area contributed by atoms with Crippen molar-refractivity contribution in [2.45, 2.75) is 62.7 Å². The van der Waals surface area contributed by atoms with Crippen LogP contribution in [0.15, 0.2) is 42.5 Å². The number of fused-ring (bicyclic) bond motifs is 3. The van der Waals surface area contributed by atoms with E-state index in [0.717, 1.165) is 54.1 Å². The van der Waals surface area contributed by atoms with Gasteiger partial charge in [0, 0.05) is 41.6 Å². The summed E-state index contributed by atoms with van der Waals surface area (Å²) in [7, 11) is 0. The normalized spacial score (nSPS) is 21.5. The van der Waals surface area contributed by atoms with Gasteiger partial charge < -0.3 is 19.3 Å². The van der Waals surface area contributed by atoms with Gasteiger partial charge >= 0.3 is 5.97 Å². The van der Waals surface area contributed by atoms with E-state index in [1.807, 2.05) is 23.1 Å². The smallest absolute Gasteiger partial charge is 0.359 e. The minimum atomic E-state index is -0.461. The third kappa shape index (κ3) is 4.02. The Labute approximate surface area is 240 Å². The van der Waals surface area contributed by atoms with Crippen LogP contribution in [0.25, 0.3) is 5.69 Å². The van der Waals surface area contributed by atoms with E-state index in [1.54, 1.807) is 11.6 Å². The summed E-state index contributed by atoms with van der Waals surface area (Å²) in [4.78, 5) is 32.0. The van der Waals surface area contributed by atoms with Crippen molar-refractivity contribution in [1.29, 1.82) is 0 Å². The van der Waals surface area contributed by atoms with Crippen LogP contribution in [0.3, 0.4) is 0 Å². The van der Waals surface area contributed by atoms with Gasteiger partial charge in [0.25, 0.3) is 5.91 Å². The molecule has 0 unspecified atom stereocenters. The number of hydrogen-bond acceptors (Lipinski definition) is 6. The summed E-state index contributed by atoms with van der Waals surface area (Å²) in [6.45, 7) is 6.82. The number of carbonyl (C=O) groups is 2. The molecule has 2 aliphatic carbocycles. The number of rotatable bonds is 7. The van der Waals surface area contributed by atoms with Gasteiger partial charge in [0.1, 0.15) is 11.4 Å². The molecule has 2 aromatic carbocycles. The van der Waals surface area contributed by atoms with Crippen molar-refractivity contribution >= 4 is 17.6 Å². The first-order valence-corrected chi connectivity index (χ1v) is 15.2. The zero-order valence-electron chi connectivity index (χ0n) is 23.7. The standard InChI is InChI=1S/C33H36N4O4/c1-2-40-31(39)28-27-29(37(34-28)25-9-10-26-22(19-25)11-18-41-26)30(38)36(21-33(27)14-15-33)24-7-5-23(6-8-24)32(12-13-32)20-35-16-3-4-17-35/h5-10,19H,2-4,11-18,20-21H2,1H3. The number of aromatic nitrogens is 2. The summed E-state index contributed by atoms with van der Waals surface area (Å²) in [5, 5.41) is 4.77. The Kier molecular flexibility index (Phi) is 5.62. The molecule has 8 rings (SSSR count). The SMILES string of the molecule is CCOC(=O)c1nn(-c2ccc3c(c2)CCO3)c2c1C1(CC1)CN(c1ccc(C3(CN4CCCC4)CC3)cc1)C2=O. The fourth-order valence-corrected chi connectivity index (χ4v) is 7.35. The number of ether oxygens (including phenoxy) is 2. The highest BCUT2D eigenvalue weighted by atomic mass is 16.5. The molecule has 1 aromatic heterocycles. The Morgan fingerprint density at radius 2 is 1.78 bits per heavy atom. The molecule has 0 N–H and O–H groups in total. The van der Waals surface area contributed by atoms with Crippen molar-refractivity contribution in [1.82, 2.24) is 14.7 Å². The third-order valence-corrected chi connectivity index (χ3v) is 9.93. The fourth-order valence-electron chi connectivity index (χ4n) is 7.35. The quantitative estimate of drug-likeness (QED) is 0.392. The van der Waals surface area contributed by atoms with Crippen molar-refractivity contribution < 1.29 is 19.1 Å². The average molecular weight is 553 g/mol. The molecule has 41 heavy (non-hydrogen) atoms. The first-order chi connectivity index (χ1) is 20.0. The highest BCUT2D eigenvalue weighted by Crippen LogP contribution is 2.55. The van der Waals surface area contributed by atoms with E-state index in [2.05, 4.69) is 29.2 Å². The molecule has 1 amide bonds. The van der Waals surface area contributed by atoms with Crippen LogP contribution in [0.4, 0.5) is 5.69 Å². The second kappa shape index (κ2) is 9.18. The molecule has 0 bridgehead atoms. The average Bonchev–Trinajstić information content (AvgIpc) is 3.70. The predicted molar refractivity (Wildman–Crippen MR) is 154 cm³/mol. The largest absolute Gasteiger partial charge is 0.493 e. The Balaban J connectivity index is 1.17. The summed E-state index contributed by atoms with van der Waals surface area (Å²) >= 11 is 0. The summed E-state index contributed by atoms with van der Waals surface area (Å²) in [5.41, 5.74) is 5.64. The lowest BCUT2D eigenvalue weighted by molar-refractivity contribution is 0.0516. The van der Waals surface area contributed by atoms with Gasteiger partial charge in [0.15, 0.2) is 5.69 Å². The van der Waals surface area contributed by atoms with Gasteiger partial charge in [0.2, 0.25) is 0 Å². The van der Waals surface area contributed by atoms with E-state index in [0.29, 0.717) is 18.8 Å². The van der Waals surface area contributed by atoms with E-state index in [4.69, 9.17) is 14.6 Å². The molecule has 2 saturated carbocycles. The van der Waals surface area contributed by atoms with Crippen LogP contribution in [0.1, 0.15) is 83.1 Å². The number of hydrogen-bond donors (Lipinski definition) is 0. The maximum atomic E-state index is 14.4. The number of benzene rings is 2. The lowest BCUT2D eigenvalue weighted by Crippen LogP contribution is -2.44. The molecule has 0 radical (unpaired) electrons. The van der Waals surface area contributed by atoms with E-state index in [9.17, 15) is 9.59 Å². The number of likely N-dealkylation sites (tertiary alicyclic amines) is 1. The Hall–Kier alpha value is -3.65. The molecular weight excluding hydrogens is 516 g/mol. The van der Waals surface area contributed by atoms with Gasteiger partial charge in [-0.15, -0.1) is 0 Å². The molecule has 8 heteroatoms. The van der Waals surface area contributed by atoms with Crippen LogP contribution in [0, 0.1) is 0 Å². The molecule has 0 atom stereocenters. The second-order valence-electron chi connectivity index (χ2n) is 12.6. The minimum Gasteiger partial charge on any atom is -0.493 e. The molecule has 3 fully saturated rings. The molecule has 3 aromatic rings. The first kappa shape index (κ1) is 25.1. The van der Waals surface area contributed by atoms with Gasteiger partial charge in [-0.25, -0.2) is 9.48 Å². The topological polar surface area (TPSA) is 76.9 Å². The molecule has 8 nitrogen and oxygen atoms in total. The zero-order valence-corrected chi connectivity index (χ0v) is 23.7. The number of carbonyl (C=O) groups excluding carboxylic acids is 2. The lowest BCUT2D eigenvalue weighted by atomic mass is 9.88. The fraction of sp³-hybridized carbons (Fsp3) is 0.485. The molecule has 4 heterocycles. The van der Waals surface area contributed by atoms with Crippen molar-refractivity contribution in [2.75, 3.05) is 44.3 Å². The van der Waals surface area contributed by atoms with Gasteiger partial charge in [-0.1, -0.05) is 12.1 Å². The number of anilines is 1. The summed E-state index contributed by atoms with van der Waals surface area (Å²) < 4.78 is 12.8. The molecule has 1 spiro atoms. The zero-order chi connectivity index (χ0) is 27.8. The maximum absolute atomic E-state index is 14.4. The summed E-state index contributed by atoms with van der Waals surface area (Å²) in [6.07, 6.45) is 7.73. The molecule has 3 aliphatic heterocycles. The highest BCUT2D eigenvalue weighted by molar-refractivity contribution is 6.10. The van der Waals surface area contributed by atoms with Crippen LogP contribution >= 0.6 is 0 Å². The van der Waals surface area contributed by atoms with E-state index >= 15 is 0 Å². The molecule has 5 aliphatic rings. The van der Waals surface area contributed by atoms with Crippen LogP contribution < -0.4 is 9.64 Å². The Bertz CT molecular complexity index is 1540. The van der Waals surface area contributed by atoms with Crippen molar-refractivity contribution in [2.24, 2.45) is 0 Å².